The van der Waals surface area contributed by atoms with Crippen LogP contribution in [0.25, 0.3) is 0 Å². The summed E-state index contributed by atoms with van der Waals surface area (Å²) in [5, 5.41) is 20.1. The van der Waals surface area contributed by atoms with Crippen molar-refractivity contribution in [2.75, 3.05) is 0 Å². The van der Waals surface area contributed by atoms with Crippen molar-refractivity contribution in [2.24, 2.45) is 9.98 Å². The highest BCUT2D eigenvalue weighted by Crippen LogP contribution is 2.25. The van der Waals surface area contributed by atoms with Crippen molar-refractivity contribution in [1.29, 1.82) is 0 Å². The van der Waals surface area contributed by atoms with Crippen molar-refractivity contribution in [2.45, 2.75) is 64.5 Å². The first-order valence-electron chi connectivity index (χ1n) is 10.3. The van der Waals surface area contributed by atoms with Gasteiger partial charge >= 0.3 is 0 Å². The van der Waals surface area contributed by atoms with Crippen LogP contribution in [0.2, 0.25) is 0 Å². The highest BCUT2D eigenvalue weighted by molar-refractivity contribution is 5.84. The molecule has 0 aliphatic heterocycles. The molecule has 148 valence electrons. The van der Waals surface area contributed by atoms with E-state index >= 15 is 0 Å². The summed E-state index contributed by atoms with van der Waals surface area (Å²) in [5.74, 6) is 0.551. The minimum atomic E-state index is 0.219. The van der Waals surface area contributed by atoms with Gasteiger partial charge in [0.15, 0.2) is 0 Å². The van der Waals surface area contributed by atoms with Gasteiger partial charge in [-0.25, -0.2) is 0 Å². The van der Waals surface area contributed by atoms with Crippen molar-refractivity contribution >= 4 is 12.4 Å². The van der Waals surface area contributed by atoms with E-state index < -0.39 is 0 Å². The Morgan fingerprint density at radius 2 is 1.29 bits per heavy atom. The van der Waals surface area contributed by atoms with E-state index in [0.29, 0.717) is 0 Å². The van der Waals surface area contributed by atoms with E-state index in [1.165, 1.54) is 11.1 Å². The lowest BCUT2D eigenvalue weighted by Gasteiger charge is -2.24. The molecule has 1 fully saturated rings. The summed E-state index contributed by atoms with van der Waals surface area (Å²) in [7, 11) is 0. The Labute approximate surface area is 167 Å². The van der Waals surface area contributed by atoms with Crippen molar-refractivity contribution in [1.82, 2.24) is 0 Å². The molecule has 2 aromatic carbocycles. The van der Waals surface area contributed by atoms with Crippen LogP contribution >= 0.6 is 0 Å². The highest BCUT2D eigenvalue weighted by Gasteiger charge is 2.20. The SMILES string of the molecule is CCc1ccc(O)c(C=NC2CCCC(N=Cc3cc(CC)ccc3O)C2)c1. The lowest BCUT2D eigenvalue weighted by atomic mass is 9.91. The molecule has 0 spiro atoms. The van der Waals surface area contributed by atoms with E-state index in [4.69, 9.17) is 9.98 Å². The molecular weight excluding hydrogens is 348 g/mol. The summed E-state index contributed by atoms with van der Waals surface area (Å²) in [6.07, 6.45) is 9.58. The molecule has 0 bridgehead atoms. The molecule has 2 aromatic rings. The van der Waals surface area contributed by atoms with Gasteiger partial charge in [-0.05, 0) is 73.9 Å². The van der Waals surface area contributed by atoms with Crippen LogP contribution in [0.3, 0.4) is 0 Å². The molecule has 1 aliphatic rings. The summed E-state index contributed by atoms with van der Waals surface area (Å²) in [5.41, 5.74) is 3.96. The zero-order valence-corrected chi connectivity index (χ0v) is 16.8. The Bertz CT molecular complexity index is 788. The van der Waals surface area contributed by atoms with E-state index in [0.717, 1.165) is 49.7 Å². The number of phenols is 2. The lowest BCUT2D eigenvalue weighted by Crippen LogP contribution is -2.21. The molecule has 2 unspecified atom stereocenters. The van der Waals surface area contributed by atoms with Gasteiger partial charge in [0.2, 0.25) is 0 Å². The van der Waals surface area contributed by atoms with Crippen molar-refractivity contribution in [3.63, 3.8) is 0 Å². The zero-order valence-electron chi connectivity index (χ0n) is 16.8. The second-order valence-electron chi connectivity index (χ2n) is 7.52. The van der Waals surface area contributed by atoms with Gasteiger partial charge in [-0.3, -0.25) is 9.98 Å². The number of phenolic OH excluding ortho intramolecular Hbond substituents is 2. The number of aromatic hydroxyl groups is 2. The van der Waals surface area contributed by atoms with Crippen LogP contribution < -0.4 is 0 Å². The highest BCUT2D eigenvalue weighted by atomic mass is 16.3. The number of aryl methyl sites for hydroxylation is 2. The third kappa shape index (κ3) is 5.22. The summed E-state index contributed by atoms with van der Waals surface area (Å²) in [6, 6.07) is 11.8. The van der Waals surface area contributed by atoms with Crippen LogP contribution in [-0.2, 0) is 12.8 Å². The van der Waals surface area contributed by atoms with Crippen molar-refractivity contribution < 1.29 is 10.2 Å². The van der Waals surface area contributed by atoms with E-state index in [-0.39, 0.29) is 23.6 Å². The molecule has 4 heteroatoms. The summed E-state index contributed by atoms with van der Waals surface area (Å²) >= 11 is 0. The van der Waals surface area contributed by atoms with E-state index in [1.807, 2.05) is 36.7 Å². The Morgan fingerprint density at radius 1 is 0.821 bits per heavy atom. The number of benzene rings is 2. The molecule has 1 saturated carbocycles. The van der Waals surface area contributed by atoms with Crippen LogP contribution in [0.1, 0.15) is 61.8 Å². The van der Waals surface area contributed by atoms with Crippen LogP contribution in [0.15, 0.2) is 46.4 Å². The Balaban J connectivity index is 1.66. The standard InChI is InChI=1S/C24H30N2O2/c1-3-17-8-10-23(27)19(12-17)15-25-21-6-5-7-22(14-21)26-16-20-13-18(4-2)9-11-24(20)28/h8-13,15-16,21-22,27-28H,3-7,14H2,1-2H3. The molecule has 0 amide bonds. The second kappa shape index (κ2) is 9.54. The third-order valence-corrected chi connectivity index (χ3v) is 5.47. The largest absolute Gasteiger partial charge is 0.507 e. The Hall–Kier alpha value is -2.62. The second-order valence-corrected chi connectivity index (χ2v) is 7.52. The monoisotopic (exact) mass is 378 g/mol. The number of aliphatic imine (C=N–C) groups is 2. The van der Waals surface area contributed by atoms with Crippen LogP contribution in [0.4, 0.5) is 0 Å². The molecule has 3 rings (SSSR count). The maximum absolute atomic E-state index is 10.1. The van der Waals surface area contributed by atoms with Crippen LogP contribution in [0, 0.1) is 0 Å². The lowest BCUT2D eigenvalue weighted by molar-refractivity contribution is 0.397. The summed E-state index contributed by atoms with van der Waals surface area (Å²) < 4.78 is 0. The van der Waals surface area contributed by atoms with Gasteiger partial charge in [-0.2, -0.15) is 0 Å². The summed E-state index contributed by atoms with van der Waals surface area (Å²) in [4.78, 5) is 9.46. The quantitative estimate of drug-likeness (QED) is 0.689. The molecule has 0 heterocycles. The van der Waals surface area contributed by atoms with Crippen LogP contribution in [0.5, 0.6) is 11.5 Å². The van der Waals surface area contributed by atoms with Gasteiger partial charge in [-0.15, -0.1) is 0 Å². The average Bonchev–Trinajstić information content (AvgIpc) is 2.73. The molecule has 2 atom stereocenters. The van der Waals surface area contributed by atoms with Crippen molar-refractivity contribution in [3.05, 3.63) is 58.7 Å². The number of hydrogen-bond donors (Lipinski definition) is 2. The van der Waals surface area contributed by atoms with E-state index in [9.17, 15) is 10.2 Å². The van der Waals surface area contributed by atoms with Gasteiger partial charge in [0.05, 0.1) is 12.1 Å². The maximum atomic E-state index is 10.1. The molecule has 0 aromatic heterocycles. The predicted octanol–water partition coefficient (Wildman–Crippen LogP) is 5.07. The fourth-order valence-corrected chi connectivity index (χ4v) is 3.64. The molecule has 2 N–H and O–H groups in total. The first-order chi connectivity index (χ1) is 13.6. The fourth-order valence-electron chi connectivity index (χ4n) is 3.64. The first kappa shape index (κ1) is 20.1. The van der Waals surface area contributed by atoms with Gasteiger partial charge in [0, 0.05) is 23.6 Å². The molecule has 0 saturated heterocycles. The van der Waals surface area contributed by atoms with Gasteiger partial charge in [0.1, 0.15) is 11.5 Å². The number of hydrogen-bond acceptors (Lipinski definition) is 4. The molecule has 0 radical (unpaired) electrons. The molecule has 4 nitrogen and oxygen atoms in total. The predicted molar refractivity (Wildman–Crippen MR) is 116 cm³/mol. The molecular formula is C24H30N2O2. The summed E-state index contributed by atoms with van der Waals surface area (Å²) in [6.45, 7) is 4.20. The van der Waals surface area contributed by atoms with Gasteiger partial charge < -0.3 is 10.2 Å². The first-order valence-corrected chi connectivity index (χ1v) is 10.3. The maximum Gasteiger partial charge on any atom is 0.124 e. The average molecular weight is 379 g/mol. The fraction of sp³-hybridized carbons (Fsp3) is 0.417. The van der Waals surface area contributed by atoms with E-state index in [2.05, 4.69) is 13.8 Å². The zero-order chi connectivity index (χ0) is 19.9. The van der Waals surface area contributed by atoms with Crippen LogP contribution in [-0.4, -0.2) is 34.7 Å². The Morgan fingerprint density at radius 3 is 1.71 bits per heavy atom. The minimum Gasteiger partial charge on any atom is -0.507 e. The van der Waals surface area contributed by atoms with Gasteiger partial charge in [-0.1, -0.05) is 26.0 Å². The van der Waals surface area contributed by atoms with Crippen molar-refractivity contribution in [3.8, 4) is 11.5 Å². The van der Waals surface area contributed by atoms with Gasteiger partial charge in [0.25, 0.3) is 0 Å². The Kier molecular flexibility index (Phi) is 6.85. The smallest absolute Gasteiger partial charge is 0.124 e. The topological polar surface area (TPSA) is 65.2 Å². The number of rotatable bonds is 6. The minimum absolute atomic E-state index is 0.219. The third-order valence-electron chi connectivity index (χ3n) is 5.47. The molecule has 28 heavy (non-hydrogen) atoms. The number of nitrogens with zero attached hydrogens (tertiary/aromatic N) is 2. The van der Waals surface area contributed by atoms with E-state index in [1.54, 1.807) is 12.1 Å². The molecule has 1 aliphatic carbocycles. The normalized spacial score (nSPS) is 20.2.